The summed E-state index contributed by atoms with van der Waals surface area (Å²) in [5.74, 6) is 3.98. The zero-order valence-electron chi connectivity index (χ0n) is 10.3. The Bertz CT molecular complexity index is 199. The van der Waals surface area contributed by atoms with Crippen molar-refractivity contribution >= 4 is 0 Å². The molecule has 106 valence electrons. The molecule has 17 heavy (non-hydrogen) atoms. The highest BCUT2D eigenvalue weighted by atomic mass is 14.3. The van der Waals surface area contributed by atoms with Gasteiger partial charge in [0, 0.05) is 2.85 Å². The summed E-state index contributed by atoms with van der Waals surface area (Å²) < 4.78 is 0. The Kier molecular flexibility index (Phi) is 7.83. The first kappa shape index (κ1) is 16.7. The van der Waals surface area contributed by atoms with Crippen LogP contribution in [-0.4, -0.2) is 0 Å². The topological polar surface area (TPSA) is 0 Å². The summed E-state index contributed by atoms with van der Waals surface area (Å²) in [6.45, 7) is 6.35. The van der Waals surface area contributed by atoms with E-state index in [0.717, 1.165) is 23.7 Å². The van der Waals surface area contributed by atoms with Crippen LogP contribution in [0.5, 0.6) is 0 Å². The van der Waals surface area contributed by atoms with Gasteiger partial charge in [0.05, 0.1) is 0 Å². The molecule has 2 saturated carbocycles. The fourth-order valence-electron chi connectivity index (χ4n) is 3.61. The third kappa shape index (κ3) is 4.48. The number of hydrogen-bond donors (Lipinski definition) is 0. The molecule has 2 aliphatic rings. The van der Waals surface area contributed by atoms with E-state index < -0.39 is 0 Å². The largest absolute Gasteiger partial charge is 0.103 e. The maximum absolute atomic E-state index is 3.93. The zero-order chi connectivity index (χ0) is 10.7. The predicted octanol–water partition coefficient (Wildman–Crippen LogP) is 6.57. The molecule has 0 aromatic carbocycles. The molecule has 0 atom stereocenters. The van der Waals surface area contributed by atoms with Crippen LogP contribution in [0.2, 0.25) is 0 Å². The van der Waals surface area contributed by atoms with Gasteiger partial charge in [-0.1, -0.05) is 40.7 Å². The average molecular weight is 242 g/mol. The molecule has 0 aliphatic heterocycles. The molecular weight excluding hydrogens is 204 g/mol. The Balaban J connectivity index is -0.000000640. The van der Waals surface area contributed by atoms with Crippen molar-refractivity contribution in [1.82, 2.24) is 0 Å². The van der Waals surface area contributed by atoms with Crippen LogP contribution in [-0.2, 0) is 0 Å². The van der Waals surface area contributed by atoms with E-state index in [9.17, 15) is 0 Å². The molecule has 0 spiro atoms. The first-order valence-electron chi connectivity index (χ1n) is 6.92. The normalized spacial score (nSPS) is 37.5. The number of rotatable bonds is 2. The van der Waals surface area contributed by atoms with Gasteiger partial charge in [-0.25, -0.2) is 0 Å². The molecule has 2 aliphatic carbocycles. The van der Waals surface area contributed by atoms with Crippen molar-refractivity contribution < 1.29 is 2.85 Å². The first-order chi connectivity index (χ1) is 7.29. The van der Waals surface area contributed by atoms with Gasteiger partial charge in [-0.3, -0.25) is 0 Å². The minimum atomic E-state index is 0. The lowest BCUT2D eigenvalue weighted by Gasteiger charge is -2.36. The smallest absolute Gasteiger partial charge is 0 e. The summed E-state index contributed by atoms with van der Waals surface area (Å²) in [5, 5.41) is 0. The van der Waals surface area contributed by atoms with Crippen molar-refractivity contribution in [1.29, 1.82) is 0 Å². The molecular formula is C17H38. The van der Waals surface area contributed by atoms with Crippen molar-refractivity contribution in [3.63, 3.8) is 0 Å². The van der Waals surface area contributed by atoms with Crippen LogP contribution >= 0.6 is 0 Å². The lowest BCUT2D eigenvalue weighted by molar-refractivity contribution is 0.160. The maximum Gasteiger partial charge on any atom is 0 e. The summed E-state index contributed by atoms with van der Waals surface area (Å²) in [4.78, 5) is 0. The van der Waals surface area contributed by atoms with Gasteiger partial charge in [-0.05, 0) is 62.2 Å². The molecule has 0 N–H and O–H groups in total. The minimum Gasteiger partial charge on any atom is -0.103 e. The fraction of sp³-hybridized carbons (Fsp3) is 0.882. The van der Waals surface area contributed by atoms with E-state index in [1.807, 2.05) is 0 Å². The van der Waals surface area contributed by atoms with Gasteiger partial charge in [-0.2, -0.15) is 0 Å². The van der Waals surface area contributed by atoms with E-state index in [1.165, 1.54) is 51.4 Å². The van der Waals surface area contributed by atoms with Gasteiger partial charge in [0.2, 0.25) is 0 Å². The number of hydrogen-bond acceptors (Lipinski definition) is 0. The van der Waals surface area contributed by atoms with Gasteiger partial charge in [0.15, 0.2) is 0 Å². The van der Waals surface area contributed by atoms with Crippen molar-refractivity contribution in [2.24, 2.45) is 23.7 Å². The highest BCUT2D eigenvalue weighted by Gasteiger charge is 2.28. The third-order valence-corrected chi connectivity index (χ3v) is 4.88. The van der Waals surface area contributed by atoms with E-state index >= 15 is 0 Å². The summed E-state index contributed by atoms with van der Waals surface area (Å²) in [6.07, 6.45) is 14.0. The van der Waals surface area contributed by atoms with Crippen LogP contribution in [0.15, 0.2) is 12.7 Å². The summed E-state index contributed by atoms with van der Waals surface area (Å²) >= 11 is 0. The van der Waals surface area contributed by atoms with Gasteiger partial charge < -0.3 is 0 Å². The Morgan fingerprint density at radius 2 is 1.24 bits per heavy atom. The molecule has 0 heterocycles. The first-order valence-corrected chi connectivity index (χ1v) is 6.92. The van der Waals surface area contributed by atoms with Crippen molar-refractivity contribution in [2.75, 3.05) is 0 Å². The second-order valence-corrected chi connectivity index (χ2v) is 5.93. The second kappa shape index (κ2) is 7.95. The molecule has 2 fully saturated rings. The van der Waals surface area contributed by atoms with E-state index in [0.29, 0.717) is 0 Å². The Labute approximate surface area is 113 Å². The molecule has 0 radical (unpaired) electrons. The molecule has 0 saturated heterocycles. The third-order valence-electron chi connectivity index (χ3n) is 4.88. The van der Waals surface area contributed by atoms with E-state index in [2.05, 4.69) is 19.6 Å². The highest BCUT2D eigenvalue weighted by Crippen LogP contribution is 2.41. The minimum absolute atomic E-state index is 0. The standard InChI is InChI=1S/C15H26.2CH4.2H2/c1-3-13-6-10-15(11-7-13)14-8-4-12(2)5-9-14;;;;/h3,12-15H,1,4-11H2,2H3;2*1H4;2*1H. The van der Waals surface area contributed by atoms with Crippen molar-refractivity contribution in [3.05, 3.63) is 12.7 Å². The van der Waals surface area contributed by atoms with Gasteiger partial charge in [0.25, 0.3) is 0 Å². The van der Waals surface area contributed by atoms with Crippen LogP contribution in [0.4, 0.5) is 0 Å². The Hall–Kier alpha value is -0.260. The van der Waals surface area contributed by atoms with Gasteiger partial charge >= 0.3 is 0 Å². The molecule has 0 bridgehead atoms. The zero-order valence-corrected chi connectivity index (χ0v) is 10.3. The van der Waals surface area contributed by atoms with Crippen LogP contribution < -0.4 is 0 Å². The Morgan fingerprint density at radius 1 is 0.824 bits per heavy atom. The Morgan fingerprint density at radius 3 is 1.65 bits per heavy atom. The molecule has 0 aromatic heterocycles. The molecule has 0 amide bonds. The highest BCUT2D eigenvalue weighted by molar-refractivity contribution is 4.87. The quantitative estimate of drug-likeness (QED) is 0.480. The van der Waals surface area contributed by atoms with Crippen LogP contribution in [0.3, 0.4) is 0 Å². The summed E-state index contributed by atoms with van der Waals surface area (Å²) in [7, 11) is 0. The van der Waals surface area contributed by atoms with Gasteiger partial charge in [0.1, 0.15) is 0 Å². The molecule has 2 rings (SSSR count). The predicted molar refractivity (Wildman–Crippen MR) is 84.5 cm³/mol. The molecule has 0 heteroatoms. The van der Waals surface area contributed by atoms with Crippen LogP contribution in [0, 0.1) is 23.7 Å². The average Bonchev–Trinajstić information content (AvgIpc) is 2.30. The number of allylic oxidation sites excluding steroid dienone is 1. The van der Waals surface area contributed by atoms with Crippen LogP contribution in [0.25, 0.3) is 0 Å². The molecule has 0 nitrogen and oxygen atoms in total. The van der Waals surface area contributed by atoms with Crippen molar-refractivity contribution in [2.45, 2.75) is 73.1 Å². The van der Waals surface area contributed by atoms with Crippen LogP contribution in [0.1, 0.15) is 76.0 Å². The monoisotopic (exact) mass is 242 g/mol. The summed E-state index contributed by atoms with van der Waals surface area (Å²) in [6, 6.07) is 0. The SMILES string of the molecule is C.C.C=CC1CCC(C2CCC(C)CC2)CC1.[HH].[HH]. The lowest BCUT2D eigenvalue weighted by atomic mass is 9.69. The molecule has 0 aromatic rings. The van der Waals surface area contributed by atoms with E-state index in [-0.39, 0.29) is 17.7 Å². The summed E-state index contributed by atoms with van der Waals surface area (Å²) in [5.41, 5.74) is 0. The van der Waals surface area contributed by atoms with E-state index in [4.69, 9.17) is 0 Å². The second-order valence-electron chi connectivity index (χ2n) is 5.93. The fourth-order valence-corrected chi connectivity index (χ4v) is 3.61. The molecule has 0 unspecified atom stereocenters. The maximum atomic E-state index is 3.93. The lowest BCUT2D eigenvalue weighted by Crippen LogP contribution is -2.24. The van der Waals surface area contributed by atoms with E-state index in [1.54, 1.807) is 0 Å². The van der Waals surface area contributed by atoms with Gasteiger partial charge in [-0.15, -0.1) is 6.58 Å². The van der Waals surface area contributed by atoms with Crippen molar-refractivity contribution in [3.8, 4) is 0 Å².